The number of halogens is 10. The molecular weight excluding hydrogens is 515 g/mol. The van der Waals surface area contributed by atoms with E-state index in [1.165, 1.54) is 11.9 Å². The molecule has 0 aliphatic carbocycles. The number of fused-ring (bicyclic) bond motifs is 1. The van der Waals surface area contributed by atoms with Gasteiger partial charge in [0.05, 0.1) is 34.8 Å². The molecular formula is C22H16ClF9N2O. The van der Waals surface area contributed by atoms with Crippen molar-refractivity contribution in [3.05, 3.63) is 69.2 Å². The first kappa shape index (κ1) is 25.5. The maximum Gasteiger partial charge on any atom is 0.416 e. The molecule has 0 radical (unpaired) electrons. The number of amides is 2. The van der Waals surface area contributed by atoms with Crippen LogP contribution in [0.3, 0.4) is 0 Å². The summed E-state index contributed by atoms with van der Waals surface area (Å²) in [5.74, 6) is 0. The van der Waals surface area contributed by atoms with Gasteiger partial charge in [-0.3, -0.25) is 0 Å². The van der Waals surface area contributed by atoms with E-state index in [9.17, 15) is 44.3 Å². The van der Waals surface area contributed by atoms with Gasteiger partial charge in [-0.15, -0.1) is 0 Å². The second-order valence-electron chi connectivity index (χ2n) is 8.48. The van der Waals surface area contributed by atoms with E-state index in [0.29, 0.717) is 12.1 Å². The summed E-state index contributed by atoms with van der Waals surface area (Å²) in [7, 11) is 1.23. The van der Waals surface area contributed by atoms with Crippen LogP contribution in [0.4, 0.5) is 44.3 Å². The molecule has 0 aromatic heterocycles. The number of alkyl halides is 9. The number of urea groups is 1. The van der Waals surface area contributed by atoms with Crippen LogP contribution < -0.4 is 0 Å². The summed E-state index contributed by atoms with van der Waals surface area (Å²) in [5, 5.41) is -0.0408. The van der Waals surface area contributed by atoms with Gasteiger partial charge in [-0.05, 0) is 60.4 Å². The van der Waals surface area contributed by atoms with Crippen molar-refractivity contribution in [1.82, 2.24) is 9.80 Å². The molecule has 0 unspecified atom stereocenters. The summed E-state index contributed by atoms with van der Waals surface area (Å²) >= 11 is 6.13. The highest BCUT2D eigenvalue weighted by molar-refractivity contribution is 6.31. The molecule has 35 heavy (non-hydrogen) atoms. The predicted molar refractivity (Wildman–Crippen MR) is 106 cm³/mol. The molecule has 2 aliphatic heterocycles. The Bertz CT molecular complexity index is 1130. The largest absolute Gasteiger partial charge is 0.416 e. The third-order valence-electron chi connectivity index (χ3n) is 6.37. The van der Waals surface area contributed by atoms with Crippen LogP contribution in [-0.4, -0.2) is 28.9 Å². The fourth-order valence-corrected chi connectivity index (χ4v) is 5.10. The van der Waals surface area contributed by atoms with Crippen LogP contribution >= 0.6 is 11.6 Å². The number of hydrogen-bond donors (Lipinski definition) is 0. The van der Waals surface area contributed by atoms with Gasteiger partial charge in [0.1, 0.15) is 0 Å². The minimum atomic E-state index is -5.07. The normalized spacial score (nSPS) is 23.3. The standard InChI is InChI=1S/C22H16ClF9N2O/c1-33-18(10-6-12(21(27,28)29)8-13(7-10)22(30,31)32)17-5-4-16(34(17)19(33)35)14-9-11(20(24,25)26)2-3-15(14)23/h2-3,6-9,16-18H,4-5H2,1H3/t16-,17-,18+/m0/s1. The molecule has 0 bridgehead atoms. The van der Waals surface area contributed by atoms with Crippen molar-refractivity contribution >= 4 is 17.6 Å². The fourth-order valence-electron chi connectivity index (χ4n) is 4.86. The zero-order chi connectivity index (χ0) is 26.1. The second-order valence-corrected chi connectivity index (χ2v) is 8.89. The van der Waals surface area contributed by atoms with E-state index in [1.807, 2.05) is 0 Å². The molecule has 2 fully saturated rings. The molecule has 2 aliphatic rings. The number of rotatable bonds is 2. The number of nitrogens with zero attached hydrogens (tertiary/aromatic N) is 2. The predicted octanol–water partition coefficient (Wildman–Crippen LogP) is 7.71. The third kappa shape index (κ3) is 4.52. The summed E-state index contributed by atoms with van der Waals surface area (Å²) in [6.45, 7) is 0. The van der Waals surface area contributed by atoms with Crippen LogP contribution in [0.25, 0.3) is 0 Å². The fraction of sp³-hybridized carbons (Fsp3) is 0.409. The van der Waals surface area contributed by atoms with E-state index < -0.39 is 59.4 Å². The maximum atomic E-state index is 13.4. The Hall–Kier alpha value is -2.63. The van der Waals surface area contributed by atoms with Crippen LogP contribution in [0.1, 0.15) is 52.7 Å². The Kier molecular flexibility index (Phi) is 5.97. The Morgan fingerprint density at radius 1 is 0.800 bits per heavy atom. The lowest BCUT2D eigenvalue weighted by atomic mass is 9.94. The van der Waals surface area contributed by atoms with E-state index in [4.69, 9.17) is 11.6 Å². The summed E-state index contributed by atoms with van der Waals surface area (Å²) in [6.07, 6.45) is -14.6. The Balaban J connectivity index is 1.77. The molecule has 2 saturated heterocycles. The van der Waals surface area contributed by atoms with Gasteiger partial charge in [0.15, 0.2) is 0 Å². The molecule has 0 N–H and O–H groups in total. The van der Waals surface area contributed by atoms with Gasteiger partial charge in [0.2, 0.25) is 0 Å². The average Bonchev–Trinajstić information content (AvgIpc) is 3.25. The highest BCUT2D eigenvalue weighted by Gasteiger charge is 2.52. The monoisotopic (exact) mass is 530 g/mol. The van der Waals surface area contributed by atoms with Crippen molar-refractivity contribution in [2.75, 3.05) is 7.05 Å². The van der Waals surface area contributed by atoms with E-state index in [1.54, 1.807) is 0 Å². The van der Waals surface area contributed by atoms with Gasteiger partial charge in [-0.2, -0.15) is 39.5 Å². The van der Waals surface area contributed by atoms with Gasteiger partial charge in [0.25, 0.3) is 0 Å². The van der Waals surface area contributed by atoms with Gasteiger partial charge >= 0.3 is 24.6 Å². The highest BCUT2D eigenvalue weighted by atomic mass is 35.5. The van der Waals surface area contributed by atoms with Crippen LogP contribution in [0, 0.1) is 0 Å². The van der Waals surface area contributed by atoms with Crippen LogP contribution in [0.5, 0.6) is 0 Å². The molecule has 0 spiro atoms. The molecule has 4 rings (SSSR count). The number of hydrogen-bond acceptors (Lipinski definition) is 1. The van der Waals surface area contributed by atoms with Crippen molar-refractivity contribution in [1.29, 1.82) is 0 Å². The minimum absolute atomic E-state index is 0.00208. The molecule has 13 heteroatoms. The van der Waals surface area contributed by atoms with Crippen molar-refractivity contribution < 1.29 is 44.3 Å². The van der Waals surface area contributed by atoms with E-state index in [-0.39, 0.29) is 35.1 Å². The van der Waals surface area contributed by atoms with Crippen LogP contribution in [-0.2, 0) is 18.5 Å². The lowest BCUT2D eigenvalue weighted by molar-refractivity contribution is -0.143. The minimum Gasteiger partial charge on any atom is -0.319 e. The summed E-state index contributed by atoms with van der Waals surface area (Å²) in [4.78, 5) is 15.3. The molecule has 3 nitrogen and oxygen atoms in total. The lowest BCUT2D eigenvalue weighted by Crippen LogP contribution is -2.32. The van der Waals surface area contributed by atoms with E-state index >= 15 is 0 Å². The zero-order valence-electron chi connectivity index (χ0n) is 17.7. The molecule has 2 aromatic carbocycles. The molecule has 2 amide bonds. The quantitative estimate of drug-likeness (QED) is 0.365. The molecule has 190 valence electrons. The summed E-state index contributed by atoms with van der Waals surface area (Å²) in [5.41, 5.74) is -4.39. The van der Waals surface area contributed by atoms with Gasteiger partial charge < -0.3 is 9.80 Å². The lowest BCUT2D eigenvalue weighted by Gasteiger charge is -2.26. The van der Waals surface area contributed by atoms with Crippen molar-refractivity contribution in [3.8, 4) is 0 Å². The molecule has 2 aromatic rings. The highest BCUT2D eigenvalue weighted by Crippen LogP contribution is 2.51. The number of benzene rings is 2. The molecule has 3 atom stereocenters. The summed E-state index contributed by atoms with van der Waals surface area (Å²) in [6, 6.07) is 0.0465. The second kappa shape index (κ2) is 8.21. The average molecular weight is 531 g/mol. The number of carbonyl (C=O) groups is 1. The summed E-state index contributed by atoms with van der Waals surface area (Å²) < 4.78 is 120. The Morgan fingerprint density at radius 2 is 1.34 bits per heavy atom. The Labute approximate surface area is 198 Å². The number of carbonyl (C=O) groups excluding carboxylic acids is 1. The number of likely N-dealkylation sites (N-methyl/N-ethyl adjacent to an activating group) is 1. The first-order valence-electron chi connectivity index (χ1n) is 10.2. The molecule has 0 saturated carbocycles. The first-order chi connectivity index (χ1) is 16.0. The molecule has 2 heterocycles. The first-order valence-corrected chi connectivity index (χ1v) is 10.6. The van der Waals surface area contributed by atoms with Gasteiger partial charge in [-0.25, -0.2) is 4.79 Å². The SMILES string of the molecule is CN1C(=O)N2[C@H](c3cc(C(F)(F)F)ccc3Cl)CC[C@H]2[C@H]1c1cc(C(F)(F)F)cc(C(F)(F)F)c1. The van der Waals surface area contributed by atoms with Crippen LogP contribution in [0.15, 0.2) is 36.4 Å². The van der Waals surface area contributed by atoms with Crippen molar-refractivity contribution in [3.63, 3.8) is 0 Å². The van der Waals surface area contributed by atoms with E-state index in [0.717, 1.165) is 23.1 Å². The van der Waals surface area contributed by atoms with Gasteiger partial charge in [-0.1, -0.05) is 11.6 Å². The Morgan fingerprint density at radius 3 is 1.86 bits per heavy atom. The van der Waals surface area contributed by atoms with Crippen LogP contribution in [0.2, 0.25) is 5.02 Å². The smallest absolute Gasteiger partial charge is 0.319 e. The zero-order valence-corrected chi connectivity index (χ0v) is 18.4. The van der Waals surface area contributed by atoms with Crippen molar-refractivity contribution in [2.45, 2.75) is 49.5 Å². The van der Waals surface area contributed by atoms with E-state index in [2.05, 4.69) is 0 Å². The topological polar surface area (TPSA) is 23.6 Å². The van der Waals surface area contributed by atoms with Crippen molar-refractivity contribution in [2.24, 2.45) is 0 Å². The maximum absolute atomic E-state index is 13.4. The third-order valence-corrected chi connectivity index (χ3v) is 6.71. The van der Waals surface area contributed by atoms with Gasteiger partial charge in [0, 0.05) is 12.1 Å².